The summed E-state index contributed by atoms with van der Waals surface area (Å²) < 4.78 is 5.09. The fourth-order valence-electron chi connectivity index (χ4n) is 1.67. The standard InChI is InChI=1S/C12H25NO2/c1-5-8-9-10-12(4,13-6-2)11(14)15-7-3/h13H,5-10H2,1-4H3. The molecule has 1 atom stereocenters. The fraction of sp³-hybridized carbons (Fsp3) is 0.917. The van der Waals surface area contributed by atoms with Gasteiger partial charge in [0.05, 0.1) is 6.61 Å². The average molecular weight is 215 g/mol. The van der Waals surface area contributed by atoms with E-state index in [2.05, 4.69) is 12.2 Å². The van der Waals surface area contributed by atoms with Crippen molar-refractivity contribution in [3.8, 4) is 0 Å². The predicted molar refractivity (Wildman–Crippen MR) is 62.9 cm³/mol. The third kappa shape index (κ3) is 5.17. The molecule has 1 unspecified atom stereocenters. The first kappa shape index (κ1) is 14.4. The quantitative estimate of drug-likeness (QED) is 0.499. The molecule has 0 bridgehead atoms. The van der Waals surface area contributed by atoms with Crippen molar-refractivity contribution >= 4 is 5.97 Å². The Morgan fingerprint density at radius 3 is 2.40 bits per heavy atom. The van der Waals surface area contributed by atoms with Crippen molar-refractivity contribution in [2.24, 2.45) is 0 Å². The van der Waals surface area contributed by atoms with Crippen molar-refractivity contribution in [1.29, 1.82) is 0 Å². The Hall–Kier alpha value is -0.570. The zero-order valence-corrected chi connectivity index (χ0v) is 10.6. The lowest BCUT2D eigenvalue weighted by Crippen LogP contribution is -2.50. The number of nitrogens with one attached hydrogen (secondary N) is 1. The molecule has 3 heteroatoms. The lowest BCUT2D eigenvalue weighted by Gasteiger charge is -2.28. The molecule has 3 nitrogen and oxygen atoms in total. The molecule has 0 aliphatic heterocycles. The van der Waals surface area contributed by atoms with E-state index in [1.165, 1.54) is 12.8 Å². The number of carbonyl (C=O) groups excluding carboxylic acids is 1. The van der Waals surface area contributed by atoms with Crippen molar-refractivity contribution in [3.05, 3.63) is 0 Å². The van der Waals surface area contributed by atoms with Gasteiger partial charge in [0.25, 0.3) is 0 Å². The highest BCUT2D eigenvalue weighted by Crippen LogP contribution is 2.16. The first-order valence-corrected chi connectivity index (χ1v) is 6.03. The normalized spacial score (nSPS) is 14.7. The number of ether oxygens (including phenoxy) is 1. The van der Waals surface area contributed by atoms with E-state index >= 15 is 0 Å². The number of hydrogen-bond donors (Lipinski definition) is 1. The third-order valence-corrected chi connectivity index (χ3v) is 2.57. The maximum atomic E-state index is 11.8. The number of likely N-dealkylation sites (N-methyl/N-ethyl adjacent to an activating group) is 1. The summed E-state index contributed by atoms with van der Waals surface area (Å²) in [6, 6.07) is 0. The minimum atomic E-state index is -0.500. The maximum absolute atomic E-state index is 11.8. The zero-order valence-electron chi connectivity index (χ0n) is 10.6. The fourth-order valence-corrected chi connectivity index (χ4v) is 1.67. The molecule has 90 valence electrons. The Morgan fingerprint density at radius 2 is 1.93 bits per heavy atom. The molecule has 0 aromatic heterocycles. The van der Waals surface area contributed by atoms with Gasteiger partial charge >= 0.3 is 5.97 Å². The van der Waals surface area contributed by atoms with Gasteiger partial charge in [-0.05, 0) is 26.8 Å². The van der Waals surface area contributed by atoms with Crippen molar-refractivity contribution in [3.63, 3.8) is 0 Å². The summed E-state index contributed by atoms with van der Waals surface area (Å²) in [4.78, 5) is 11.8. The van der Waals surface area contributed by atoms with Gasteiger partial charge in [-0.25, -0.2) is 0 Å². The van der Waals surface area contributed by atoms with Gasteiger partial charge in [0.2, 0.25) is 0 Å². The molecule has 1 N–H and O–H groups in total. The van der Waals surface area contributed by atoms with E-state index < -0.39 is 5.54 Å². The molecular formula is C12H25NO2. The van der Waals surface area contributed by atoms with Crippen LogP contribution in [0.4, 0.5) is 0 Å². The Kier molecular flexibility index (Phi) is 7.39. The van der Waals surface area contributed by atoms with E-state index in [-0.39, 0.29) is 5.97 Å². The summed E-state index contributed by atoms with van der Waals surface area (Å²) in [7, 11) is 0. The van der Waals surface area contributed by atoms with Crippen LogP contribution < -0.4 is 5.32 Å². The van der Waals surface area contributed by atoms with Gasteiger partial charge in [0.1, 0.15) is 5.54 Å². The minimum absolute atomic E-state index is 0.122. The third-order valence-electron chi connectivity index (χ3n) is 2.57. The van der Waals surface area contributed by atoms with Crippen LogP contribution in [0.2, 0.25) is 0 Å². The van der Waals surface area contributed by atoms with Crippen LogP contribution in [0.25, 0.3) is 0 Å². The summed E-state index contributed by atoms with van der Waals surface area (Å²) in [5.74, 6) is -0.122. The predicted octanol–water partition coefficient (Wildman–Crippen LogP) is 2.50. The molecule has 0 aromatic carbocycles. The molecular weight excluding hydrogens is 190 g/mol. The Balaban J connectivity index is 4.22. The Morgan fingerprint density at radius 1 is 1.27 bits per heavy atom. The second kappa shape index (κ2) is 7.69. The molecule has 0 amide bonds. The van der Waals surface area contributed by atoms with E-state index in [1.54, 1.807) is 0 Å². The van der Waals surface area contributed by atoms with Gasteiger partial charge < -0.3 is 10.1 Å². The number of hydrogen-bond acceptors (Lipinski definition) is 3. The van der Waals surface area contributed by atoms with Crippen LogP contribution in [0, 0.1) is 0 Å². The van der Waals surface area contributed by atoms with Crippen LogP contribution >= 0.6 is 0 Å². The van der Waals surface area contributed by atoms with Gasteiger partial charge in [-0.2, -0.15) is 0 Å². The molecule has 0 spiro atoms. The van der Waals surface area contributed by atoms with Crippen LogP contribution in [-0.2, 0) is 9.53 Å². The van der Waals surface area contributed by atoms with Gasteiger partial charge in [-0.1, -0.05) is 33.1 Å². The second-order valence-electron chi connectivity index (χ2n) is 4.04. The molecule has 0 aliphatic rings. The van der Waals surface area contributed by atoms with E-state index in [9.17, 15) is 4.79 Å². The van der Waals surface area contributed by atoms with Crippen LogP contribution in [-0.4, -0.2) is 24.7 Å². The molecule has 0 aromatic rings. The van der Waals surface area contributed by atoms with Crippen LogP contribution in [0.5, 0.6) is 0 Å². The second-order valence-corrected chi connectivity index (χ2v) is 4.04. The van der Waals surface area contributed by atoms with Crippen LogP contribution in [0.3, 0.4) is 0 Å². The van der Waals surface area contributed by atoms with E-state index in [1.807, 2.05) is 20.8 Å². The molecule has 0 saturated heterocycles. The molecule has 0 aliphatic carbocycles. The first-order chi connectivity index (χ1) is 7.10. The van der Waals surface area contributed by atoms with Gasteiger partial charge in [-0.3, -0.25) is 4.79 Å². The van der Waals surface area contributed by atoms with Crippen molar-refractivity contribution < 1.29 is 9.53 Å². The lowest BCUT2D eigenvalue weighted by atomic mass is 9.94. The molecule has 0 rings (SSSR count). The zero-order chi connectivity index (χ0) is 11.7. The average Bonchev–Trinajstić information content (AvgIpc) is 2.19. The van der Waals surface area contributed by atoms with Crippen molar-refractivity contribution in [1.82, 2.24) is 5.32 Å². The number of unbranched alkanes of at least 4 members (excludes halogenated alkanes) is 2. The highest BCUT2D eigenvalue weighted by Gasteiger charge is 2.32. The summed E-state index contributed by atoms with van der Waals surface area (Å²) in [6.45, 7) is 9.20. The van der Waals surface area contributed by atoms with Crippen LogP contribution in [0.15, 0.2) is 0 Å². The number of rotatable bonds is 8. The largest absolute Gasteiger partial charge is 0.465 e. The van der Waals surface area contributed by atoms with E-state index in [0.29, 0.717) is 6.61 Å². The number of esters is 1. The van der Waals surface area contributed by atoms with E-state index in [4.69, 9.17) is 4.74 Å². The molecule has 0 heterocycles. The van der Waals surface area contributed by atoms with Gasteiger partial charge in [0, 0.05) is 0 Å². The first-order valence-electron chi connectivity index (χ1n) is 6.03. The minimum Gasteiger partial charge on any atom is -0.465 e. The highest BCUT2D eigenvalue weighted by molar-refractivity contribution is 5.80. The molecule has 15 heavy (non-hydrogen) atoms. The number of carbonyl (C=O) groups is 1. The smallest absolute Gasteiger partial charge is 0.326 e. The lowest BCUT2D eigenvalue weighted by molar-refractivity contribution is -0.150. The monoisotopic (exact) mass is 215 g/mol. The molecule has 0 saturated carbocycles. The molecule has 0 radical (unpaired) electrons. The van der Waals surface area contributed by atoms with Crippen LogP contribution in [0.1, 0.15) is 53.4 Å². The van der Waals surface area contributed by atoms with Gasteiger partial charge in [0.15, 0.2) is 0 Å². The summed E-state index contributed by atoms with van der Waals surface area (Å²) in [6.07, 6.45) is 4.26. The van der Waals surface area contributed by atoms with Crippen molar-refractivity contribution in [2.45, 2.75) is 58.9 Å². The van der Waals surface area contributed by atoms with E-state index in [0.717, 1.165) is 19.4 Å². The Labute approximate surface area is 93.6 Å². The summed E-state index contributed by atoms with van der Waals surface area (Å²) in [5, 5.41) is 3.23. The van der Waals surface area contributed by atoms with Gasteiger partial charge in [-0.15, -0.1) is 0 Å². The summed E-state index contributed by atoms with van der Waals surface area (Å²) in [5.41, 5.74) is -0.500. The SMILES string of the molecule is CCCCCC(C)(NCC)C(=O)OCC. The topological polar surface area (TPSA) is 38.3 Å². The highest BCUT2D eigenvalue weighted by atomic mass is 16.5. The summed E-state index contributed by atoms with van der Waals surface area (Å²) >= 11 is 0. The maximum Gasteiger partial charge on any atom is 0.326 e. The van der Waals surface area contributed by atoms with Crippen molar-refractivity contribution in [2.75, 3.05) is 13.2 Å². The molecule has 0 fully saturated rings. The Bertz CT molecular complexity index is 182.